The van der Waals surface area contributed by atoms with Crippen molar-refractivity contribution < 1.29 is 9.53 Å². The van der Waals surface area contributed by atoms with Crippen molar-refractivity contribution >= 4 is 34.6 Å². The number of anilines is 1. The molecule has 0 aliphatic heterocycles. The first-order chi connectivity index (χ1) is 14.3. The summed E-state index contributed by atoms with van der Waals surface area (Å²) < 4.78 is 8.88. The van der Waals surface area contributed by atoms with E-state index >= 15 is 0 Å². The van der Waals surface area contributed by atoms with Gasteiger partial charge >= 0.3 is 5.69 Å². The summed E-state index contributed by atoms with van der Waals surface area (Å²) in [5, 5.41) is 6.45. The molecule has 160 valence electrons. The molecule has 0 aliphatic carbocycles. The number of imidazole rings is 1. The van der Waals surface area contributed by atoms with Crippen molar-refractivity contribution in [1.82, 2.24) is 24.0 Å². The van der Waals surface area contributed by atoms with Gasteiger partial charge in [0.05, 0.1) is 6.54 Å². The van der Waals surface area contributed by atoms with E-state index in [1.807, 2.05) is 12.1 Å². The van der Waals surface area contributed by atoms with Gasteiger partial charge in [-0.3, -0.25) is 23.3 Å². The number of benzene rings is 1. The molecule has 0 spiro atoms. The van der Waals surface area contributed by atoms with E-state index < -0.39 is 11.2 Å². The molecule has 3 rings (SSSR count). The van der Waals surface area contributed by atoms with E-state index in [0.717, 1.165) is 10.1 Å². The summed E-state index contributed by atoms with van der Waals surface area (Å²) in [5.74, 6) is 0.185. The van der Waals surface area contributed by atoms with Crippen molar-refractivity contribution in [2.75, 3.05) is 32.1 Å². The highest BCUT2D eigenvalue weighted by atomic mass is 35.5. The van der Waals surface area contributed by atoms with Gasteiger partial charge in [0.25, 0.3) is 5.56 Å². The van der Waals surface area contributed by atoms with E-state index in [1.54, 1.807) is 23.7 Å². The third-order valence-electron chi connectivity index (χ3n) is 4.61. The topological polar surface area (TPSA) is 112 Å². The molecule has 10 nitrogen and oxygen atoms in total. The molecule has 0 radical (unpaired) electrons. The van der Waals surface area contributed by atoms with Crippen LogP contribution in [0.25, 0.3) is 11.2 Å². The van der Waals surface area contributed by atoms with Gasteiger partial charge in [0.1, 0.15) is 6.61 Å². The highest BCUT2D eigenvalue weighted by molar-refractivity contribution is 6.30. The van der Waals surface area contributed by atoms with Crippen molar-refractivity contribution in [3.05, 3.63) is 55.7 Å². The number of aryl methyl sites for hydroxylation is 1. The third-order valence-corrected chi connectivity index (χ3v) is 4.86. The van der Waals surface area contributed by atoms with Crippen molar-refractivity contribution in [1.29, 1.82) is 0 Å². The lowest BCUT2D eigenvalue weighted by Gasteiger charge is -2.11. The van der Waals surface area contributed by atoms with Crippen LogP contribution in [-0.4, -0.2) is 51.4 Å². The van der Waals surface area contributed by atoms with Crippen LogP contribution < -0.4 is 21.9 Å². The number of fused-ring (bicyclic) bond motifs is 1. The molecule has 0 unspecified atom stereocenters. The first-order valence-electron chi connectivity index (χ1n) is 9.23. The summed E-state index contributed by atoms with van der Waals surface area (Å²) in [7, 11) is 4.45. The molecule has 2 N–H and O–H groups in total. The minimum atomic E-state index is -0.456. The summed E-state index contributed by atoms with van der Waals surface area (Å²) >= 11 is 5.97. The largest absolute Gasteiger partial charge is 0.375 e. The Morgan fingerprint density at radius 3 is 2.50 bits per heavy atom. The molecular weight excluding hydrogens is 412 g/mol. The smallest absolute Gasteiger partial charge is 0.332 e. The zero-order valence-corrected chi connectivity index (χ0v) is 17.7. The first-order valence-corrected chi connectivity index (χ1v) is 9.61. The number of carbonyl (C=O) groups excluding carboxylic acids is 1. The van der Waals surface area contributed by atoms with E-state index in [2.05, 4.69) is 15.6 Å². The number of nitrogens with one attached hydrogen (secondary N) is 2. The molecule has 1 aromatic carbocycles. The molecule has 11 heteroatoms. The summed E-state index contributed by atoms with van der Waals surface area (Å²) in [6, 6.07) is 7.25. The number of aromatic nitrogens is 4. The van der Waals surface area contributed by atoms with E-state index in [1.165, 1.54) is 18.7 Å². The quantitative estimate of drug-likeness (QED) is 0.493. The number of hydrogen-bond donors (Lipinski definition) is 2. The van der Waals surface area contributed by atoms with Crippen molar-refractivity contribution in [3.8, 4) is 0 Å². The lowest BCUT2D eigenvalue weighted by molar-refractivity contribution is -0.124. The normalized spacial score (nSPS) is 11.1. The van der Waals surface area contributed by atoms with Gasteiger partial charge in [0, 0.05) is 39.3 Å². The van der Waals surface area contributed by atoms with Gasteiger partial charge in [-0.2, -0.15) is 4.98 Å². The summed E-state index contributed by atoms with van der Waals surface area (Å²) in [4.78, 5) is 41.1. The molecule has 1 amide bonds. The maximum Gasteiger partial charge on any atom is 0.332 e. The Morgan fingerprint density at radius 2 is 1.83 bits per heavy atom. The Labute approximate surface area is 177 Å². The maximum atomic E-state index is 12.8. The van der Waals surface area contributed by atoms with Gasteiger partial charge in [0.2, 0.25) is 11.9 Å². The highest BCUT2D eigenvalue weighted by Gasteiger charge is 2.19. The molecule has 2 heterocycles. The van der Waals surface area contributed by atoms with Crippen LogP contribution in [0.15, 0.2) is 33.9 Å². The van der Waals surface area contributed by atoms with Crippen LogP contribution in [0.3, 0.4) is 0 Å². The monoisotopic (exact) mass is 434 g/mol. The molecule has 0 saturated carbocycles. The molecule has 0 atom stereocenters. The van der Waals surface area contributed by atoms with Crippen LogP contribution >= 0.6 is 11.6 Å². The van der Waals surface area contributed by atoms with Crippen LogP contribution in [0.4, 0.5) is 5.95 Å². The van der Waals surface area contributed by atoms with E-state index in [9.17, 15) is 14.4 Å². The summed E-state index contributed by atoms with van der Waals surface area (Å²) in [6.45, 7) is 1.03. The molecule has 30 heavy (non-hydrogen) atoms. The van der Waals surface area contributed by atoms with Gasteiger partial charge in [-0.15, -0.1) is 0 Å². The SMILES string of the molecule is COCC(=O)NCCNc1nc2c(c(=O)n(C)c(=O)n2C)n1Cc1ccc(Cl)cc1. The molecule has 0 bridgehead atoms. The second kappa shape index (κ2) is 9.14. The predicted octanol–water partition coefficient (Wildman–Crippen LogP) is 0.310. The van der Waals surface area contributed by atoms with Gasteiger partial charge in [-0.25, -0.2) is 4.79 Å². The average molecular weight is 435 g/mol. The Morgan fingerprint density at radius 1 is 1.13 bits per heavy atom. The minimum absolute atomic E-state index is 0.0206. The lowest BCUT2D eigenvalue weighted by Crippen LogP contribution is -2.37. The molecule has 0 fully saturated rings. The number of amides is 1. The third kappa shape index (κ3) is 4.39. The van der Waals surface area contributed by atoms with Crippen molar-refractivity contribution in [3.63, 3.8) is 0 Å². The van der Waals surface area contributed by atoms with Crippen molar-refractivity contribution in [2.45, 2.75) is 6.54 Å². The zero-order chi connectivity index (χ0) is 21.8. The van der Waals surface area contributed by atoms with E-state index in [-0.39, 0.29) is 18.2 Å². The standard InChI is InChI=1S/C19H23ClN6O4/c1-24-16-15(17(28)25(2)19(24)29)26(10-12-4-6-13(20)7-5-12)18(23-16)22-9-8-21-14(27)11-30-3/h4-7H,8-11H2,1-3H3,(H,21,27)(H,22,23). The fourth-order valence-corrected chi connectivity index (χ4v) is 3.19. The van der Waals surface area contributed by atoms with Gasteiger partial charge in [-0.1, -0.05) is 23.7 Å². The predicted molar refractivity (Wildman–Crippen MR) is 114 cm³/mol. The Kier molecular flexibility index (Phi) is 6.58. The first kappa shape index (κ1) is 21.6. The van der Waals surface area contributed by atoms with E-state index in [4.69, 9.17) is 16.3 Å². The van der Waals surface area contributed by atoms with Gasteiger partial charge < -0.3 is 15.4 Å². The number of methoxy groups -OCH3 is 1. The Bertz CT molecular complexity index is 1180. The van der Waals surface area contributed by atoms with Crippen LogP contribution in [0.1, 0.15) is 5.56 Å². The average Bonchev–Trinajstić information content (AvgIpc) is 3.08. The molecule has 0 aliphatic rings. The second-order valence-electron chi connectivity index (χ2n) is 6.74. The van der Waals surface area contributed by atoms with Crippen molar-refractivity contribution in [2.24, 2.45) is 14.1 Å². The maximum absolute atomic E-state index is 12.8. The number of halogens is 1. The van der Waals surface area contributed by atoms with E-state index in [0.29, 0.717) is 36.1 Å². The molecule has 3 aromatic rings. The number of carbonyl (C=O) groups is 1. The summed E-state index contributed by atoms with van der Waals surface area (Å²) in [6.07, 6.45) is 0. The molecule has 0 saturated heterocycles. The molecule has 2 aromatic heterocycles. The Hall–Kier alpha value is -3.11. The van der Waals surface area contributed by atoms with Gasteiger partial charge in [-0.05, 0) is 17.7 Å². The number of hydrogen-bond acceptors (Lipinski definition) is 6. The van der Waals surface area contributed by atoms with Crippen LogP contribution in [0.2, 0.25) is 5.02 Å². The number of ether oxygens (including phenoxy) is 1. The van der Waals surface area contributed by atoms with Gasteiger partial charge in [0.15, 0.2) is 11.2 Å². The number of rotatable bonds is 8. The fraction of sp³-hybridized carbons (Fsp3) is 0.368. The minimum Gasteiger partial charge on any atom is -0.375 e. The van der Waals surface area contributed by atoms with Crippen LogP contribution in [0, 0.1) is 0 Å². The highest BCUT2D eigenvalue weighted by Crippen LogP contribution is 2.19. The molecular formula is C19H23ClN6O4. The second-order valence-corrected chi connectivity index (χ2v) is 7.17. The number of nitrogens with zero attached hydrogens (tertiary/aromatic N) is 4. The zero-order valence-electron chi connectivity index (χ0n) is 16.9. The summed E-state index contributed by atoms with van der Waals surface area (Å²) in [5.41, 5.74) is 0.604. The van der Waals surface area contributed by atoms with Crippen LogP contribution in [-0.2, 0) is 30.2 Å². The van der Waals surface area contributed by atoms with Crippen LogP contribution in [0.5, 0.6) is 0 Å². The Balaban J connectivity index is 1.98. The fourth-order valence-electron chi connectivity index (χ4n) is 3.07. The lowest BCUT2D eigenvalue weighted by atomic mass is 10.2.